The minimum Gasteiger partial charge on any atom is -0.392 e. The quantitative estimate of drug-likeness (QED) is 0.699. The van der Waals surface area contributed by atoms with Gasteiger partial charge in [-0.2, -0.15) is 0 Å². The first-order valence-corrected chi connectivity index (χ1v) is 6.51. The van der Waals surface area contributed by atoms with Gasteiger partial charge < -0.3 is 5.73 Å². The molecule has 1 saturated carbocycles. The molecule has 0 heterocycles. The Balaban J connectivity index is 2.66. The molecule has 0 spiro atoms. The van der Waals surface area contributed by atoms with Gasteiger partial charge in [-0.25, -0.2) is 12.7 Å². The molecular weight excluding hydrogens is 220 g/mol. The van der Waals surface area contributed by atoms with Crippen LogP contribution in [0, 0.1) is 5.92 Å². The summed E-state index contributed by atoms with van der Waals surface area (Å²) < 4.78 is 25.0. The van der Waals surface area contributed by atoms with Gasteiger partial charge in [-0.3, -0.25) is 0 Å². The van der Waals surface area contributed by atoms with Crippen molar-refractivity contribution in [3.63, 3.8) is 0 Å². The van der Waals surface area contributed by atoms with Gasteiger partial charge in [0.15, 0.2) is 0 Å². The predicted molar refractivity (Wildman–Crippen MR) is 60.5 cm³/mol. The highest BCUT2D eigenvalue weighted by molar-refractivity contribution is 7.92. The SMILES string of the molecule is CC(C(N)=S)S(=O)(=O)N(C)CC1CC1. The van der Waals surface area contributed by atoms with Crippen LogP contribution < -0.4 is 5.73 Å². The summed E-state index contributed by atoms with van der Waals surface area (Å²) >= 11 is 4.69. The first-order chi connectivity index (χ1) is 6.35. The Morgan fingerprint density at radius 1 is 1.64 bits per heavy atom. The number of nitrogens with zero attached hydrogens (tertiary/aromatic N) is 1. The van der Waals surface area contributed by atoms with Crippen LogP contribution in [0.1, 0.15) is 19.8 Å². The normalized spacial score (nSPS) is 19.6. The van der Waals surface area contributed by atoms with E-state index in [2.05, 4.69) is 12.2 Å². The minimum atomic E-state index is -3.33. The zero-order valence-electron chi connectivity index (χ0n) is 8.43. The second kappa shape index (κ2) is 4.12. The van der Waals surface area contributed by atoms with Crippen LogP contribution in [0.3, 0.4) is 0 Å². The molecule has 4 nitrogen and oxygen atoms in total. The summed E-state index contributed by atoms with van der Waals surface area (Å²) in [6.45, 7) is 2.12. The summed E-state index contributed by atoms with van der Waals surface area (Å²) in [5.41, 5.74) is 5.33. The van der Waals surface area contributed by atoms with Crippen molar-refractivity contribution in [1.29, 1.82) is 0 Å². The van der Waals surface area contributed by atoms with Crippen molar-refractivity contribution in [1.82, 2.24) is 4.31 Å². The molecule has 0 bridgehead atoms. The Morgan fingerprint density at radius 3 is 2.50 bits per heavy atom. The lowest BCUT2D eigenvalue weighted by Gasteiger charge is -2.20. The van der Waals surface area contributed by atoms with Crippen LogP contribution in [0.4, 0.5) is 0 Å². The van der Waals surface area contributed by atoms with Gasteiger partial charge in [0.1, 0.15) is 5.25 Å². The highest BCUT2D eigenvalue weighted by atomic mass is 32.2. The summed E-state index contributed by atoms with van der Waals surface area (Å²) in [4.78, 5) is 0.0349. The van der Waals surface area contributed by atoms with Crippen molar-refractivity contribution in [3.05, 3.63) is 0 Å². The molecule has 1 aliphatic carbocycles. The molecule has 0 radical (unpaired) electrons. The zero-order valence-corrected chi connectivity index (χ0v) is 10.1. The lowest BCUT2D eigenvalue weighted by Crippen LogP contribution is -2.41. The van der Waals surface area contributed by atoms with E-state index < -0.39 is 15.3 Å². The van der Waals surface area contributed by atoms with E-state index in [1.807, 2.05) is 0 Å². The molecule has 1 aliphatic rings. The maximum atomic E-state index is 11.8. The third kappa shape index (κ3) is 2.65. The second-order valence-corrected chi connectivity index (χ2v) is 6.65. The van der Waals surface area contributed by atoms with E-state index >= 15 is 0 Å². The van der Waals surface area contributed by atoms with E-state index in [9.17, 15) is 8.42 Å². The molecule has 1 unspecified atom stereocenters. The standard InChI is InChI=1S/C8H16N2O2S2/c1-6(8(9)13)14(11,12)10(2)5-7-3-4-7/h6-7H,3-5H2,1-2H3,(H2,9,13). The van der Waals surface area contributed by atoms with E-state index in [0.29, 0.717) is 12.5 Å². The molecule has 0 aliphatic heterocycles. The number of thiocarbonyl (C=S) groups is 1. The second-order valence-electron chi connectivity index (χ2n) is 3.81. The molecule has 0 amide bonds. The number of sulfonamides is 1. The maximum absolute atomic E-state index is 11.8. The van der Waals surface area contributed by atoms with Crippen LogP contribution in [0.15, 0.2) is 0 Å². The summed E-state index contributed by atoms with van der Waals surface area (Å²) in [6.07, 6.45) is 2.25. The summed E-state index contributed by atoms with van der Waals surface area (Å²) in [6, 6.07) is 0. The molecular formula is C8H16N2O2S2. The smallest absolute Gasteiger partial charge is 0.222 e. The first-order valence-electron chi connectivity index (χ1n) is 4.60. The molecule has 0 aromatic heterocycles. The van der Waals surface area contributed by atoms with Gasteiger partial charge in [0.2, 0.25) is 10.0 Å². The van der Waals surface area contributed by atoms with Crippen LogP contribution in [-0.4, -0.2) is 36.6 Å². The Kier molecular flexibility index (Phi) is 3.49. The fourth-order valence-electron chi connectivity index (χ4n) is 1.18. The van der Waals surface area contributed by atoms with Crippen molar-refractivity contribution in [2.45, 2.75) is 25.0 Å². The first kappa shape index (κ1) is 11.9. The van der Waals surface area contributed by atoms with Gasteiger partial charge in [-0.15, -0.1) is 0 Å². The Bertz CT molecular complexity index is 322. The average Bonchev–Trinajstić information content (AvgIpc) is 2.86. The van der Waals surface area contributed by atoms with Gasteiger partial charge >= 0.3 is 0 Å². The van der Waals surface area contributed by atoms with Crippen molar-refractivity contribution in [2.24, 2.45) is 11.7 Å². The van der Waals surface area contributed by atoms with Crippen LogP contribution in [0.5, 0.6) is 0 Å². The lowest BCUT2D eigenvalue weighted by atomic mass is 10.4. The van der Waals surface area contributed by atoms with Crippen LogP contribution in [-0.2, 0) is 10.0 Å². The minimum absolute atomic E-state index is 0.0349. The molecule has 2 N–H and O–H groups in total. The Hall–Kier alpha value is -0.200. The van der Waals surface area contributed by atoms with E-state index in [-0.39, 0.29) is 4.99 Å². The molecule has 14 heavy (non-hydrogen) atoms. The number of nitrogens with two attached hydrogens (primary N) is 1. The fourth-order valence-corrected chi connectivity index (χ4v) is 2.80. The molecule has 0 aromatic carbocycles. The van der Waals surface area contributed by atoms with Gasteiger partial charge in [-0.05, 0) is 25.7 Å². The monoisotopic (exact) mass is 236 g/mol. The third-order valence-electron chi connectivity index (χ3n) is 2.49. The molecule has 1 atom stereocenters. The van der Waals surface area contributed by atoms with E-state index in [1.54, 1.807) is 7.05 Å². The van der Waals surface area contributed by atoms with Crippen LogP contribution >= 0.6 is 12.2 Å². The molecule has 0 aromatic rings. The summed E-state index contributed by atoms with van der Waals surface area (Å²) in [5.74, 6) is 0.535. The van der Waals surface area contributed by atoms with Crippen molar-refractivity contribution < 1.29 is 8.42 Å². The summed E-state index contributed by atoms with van der Waals surface area (Å²) in [5, 5.41) is -0.763. The molecule has 82 valence electrons. The average molecular weight is 236 g/mol. The highest BCUT2D eigenvalue weighted by Gasteiger charge is 2.32. The molecule has 1 fully saturated rings. The fraction of sp³-hybridized carbons (Fsp3) is 0.875. The highest BCUT2D eigenvalue weighted by Crippen LogP contribution is 2.30. The topological polar surface area (TPSA) is 63.4 Å². The van der Waals surface area contributed by atoms with Crippen molar-refractivity contribution in [3.8, 4) is 0 Å². The van der Waals surface area contributed by atoms with Crippen molar-refractivity contribution >= 4 is 27.2 Å². The predicted octanol–water partition coefficient (Wildman–Crippen LogP) is 0.333. The van der Waals surface area contributed by atoms with Gasteiger partial charge in [0.25, 0.3) is 0 Å². The van der Waals surface area contributed by atoms with E-state index in [0.717, 1.165) is 12.8 Å². The van der Waals surface area contributed by atoms with Gasteiger partial charge in [-0.1, -0.05) is 12.2 Å². The van der Waals surface area contributed by atoms with E-state index in [4.69, 9.17) is 5.73 Å². The molecule has 0 saturated heterocycles. The number of rotatable bonds is 5. The third-order valence-corrected chi connectivity index (χ3v) is 5.16. The van der Waals surface area contributed by atoms with Crippen LogP contribution in [0.25, 0.3) is 0 Å². The van der Waals surface area contributed by atoms with Crippen molar-refractivity contribution in [2.75, 3.05) is 13.6 Å². The van der Waals surface area contributed by atoms with Gasteiger partial charge in [0, 0.05) is 13.6 Å². The largest absolute Gasteiger partial charge is 0.392 e. The zero-order chi connectivity index (χ0) is 10.9. The number of hydrogen-bond acceptors (Lipinski definition) is 3. The summed E-state index contributed by atoms with van der Waals surface area (Å²) in [7, 11) is -1.74. The number of hydrogen-bond donors (Lipinski definition) is 1. The Morgan fingerprint density at radius 2 is 2.14 bits per heavy atom. The maximum Gasteiger partial charge on any atom is 0.222 e. The molecule has 1 rings (SSSR count). The lowest BCUT2D eigenvalue weighted by molar-refractivity contribution is 0.450. The van der Waals surface area contributed by atoms with Gasteiger partial charge in [0.05, 0.1) is 4.99 Å². The van der Waals surface area contributed by atoms with Crippen LogP contribution in [0.2, 0.25) is 0 Å². The Labute approximate surface area is 90.5 Å². The molecule has 6 heteroatoms. The van der Waals surface area contributed by atoms with E-state index in [1.165, 1.54) is 11.2 Å².